The predicted octanol–water partition coefficient (Wildman–Crippen LogP) is 3.68. The van der Waals surface area contributed by atoms with Crippen molar-refractivity contribution in [2.24, 2.45) is 0 Å². The minimum atomic E-state index is -1.06. The van der Waals surface area contributed by atoms with E-state index in [1.54, 1.807) is 6.92 Å². The van der Waals surface area contributed by atoms with Crippen LogP contribution in [0.15, 0.2) is 17.9 Å². The van der Waals surface area contributed by atoms with Gasteiger partial charge >= 0.3 is 6.16 Å². The Morgan fingerprint density at radius 3 is 2.33 bits per heavy atom. The molecule has 0 radical (unpaired) electrons. The van der Waals surface area contributed by atoms with Gasteiger partial charge in [-0.25, -0.2) is 4.79 Å². The summed E-state index contributed by atoms with van der Waals surface area (Å²) in [4.78, 5) is 25.4. The number of rotatable bonds is 3. The van der Waals surface area contributed by atoms with Gasteiger partial charge in [0.1, 0.15) is 5.54 Å². The van der Waals surface area contributed by atoms with Crippen molar-refractivity contribution >= 4 is 17.6 Å². The minimum absolute atomic E-state index is 0.175. The molecule has 1 saturated carbocycles. The Morgan fingerprint density at radius 2 is 1.70 bits per heavy atom. The van der Waals surface area contributed by atoms with Crippen molar-refractivity contribution in [1.82, 2.24) is 5.32 Å². The summed E-state index contributed by atoms with van der Waals surface area (Å²) in [6.45, 7) is 8.20. The van der Waals surface area contributed by atoms with Crippen LogP contribution in [0.3, 0.4) is 0 Å². The van der Waals surface area contributed by atoms with Crippen molar-refractivity contribution < 1.29 is 28.5 Å². The Bertz CT molecular complexity index is 903. The molecule has 2 heterocycles. The molecular weight excluding hydrogens is 386 g/mol. The Labute approximate surface area is 176 Å². The van der Waals surface area contributed by atoms with Gasteiger partial charge in [0.05, 0.1) is 25.4 Å². The lowest BCUT2D eigenvalue weighted by molar-refractivity contribution is -0.283. The summed E-state index contributed by atoms with van der Waals surface area (Å²) in [5, 5.41) is 2.99. The first kappa shape index (κ1) is 20.9. The second-order valence-corrected chi connectivity index (χ2v) is 8.47. The van der Waals surface area contributed by atoms with E-state index in [0.29, 0.717) is 5.57 Å². The number of ether oxygens (including phenoxy) is 4. The Morgan fingerprint density at radius 1 is 1.07 bits per heavy atom. The van der Waals surface area contributed by atoms with Crippen molar-refractivity contribution in [2.75, 3.05) is 19.8 Å². The average molecular weight is 415 g/mol. The number of aryl methyl sites for hydroxylation is 3. The van der Waals surface area contributed by atoms with Crippen LogP contribution in [0.2, 0.25) is 0 Å². The highest BCUT2D eigenvalue weighted by molar-refractivity contribution is 6.24. The minimum Gasteiger partial charge on any atom is -0.434 e. The van der Waals surface area contributed by atoms with Gasteiger partial charge in [-0.05, 0) is 62.8 Å². The van der Waals surface area contributed by atoms with E-state index >= 15 is 0 Å². The Kier molecular flexibility index (Phi) is 5.36. The maximum Gasteiger partial charge on any atom is 0.513 e. The number of amides is 1. The van der Waals surface area contributed by atoms with Crippen LogP contribution in [-0.4, -0.2) is 43.2 Å². The molecular formula is C23H29NO6. The molecule has 1 aromatic rings. The monoisotopic (exact) mass is 415 g/mol. The molecule has 0 atom stereocenters. The van der Waals surface area contributed by atoms with E-state index in [-0.39, 0.29) is 31.5 Å². The lowest BCUT2D eigenvalue weighted by atomic mass is 9.91. The summed E-state index contributed by atoms with van der Waals surface area (Å²) in [5.74, 6) is -0.690. The summed E-state index contributed by atoms with van der Waals surface area (Å²) < 4.78 is 22.9. The molecule has 4 rings (SSSR count). The third-order valence-corrected chi connectivity index (χ3v) is 6.33. The quantitative estimate of drug-likeness (QED) is 0.759. The van der Waals surface area contributed by atoms with Gasteiger partial charge in [0.2, 0.25) is 0 Å². The topological polar surface area (TPSA) is 83.1 Å². The van der Waals surface area contributed by atoms with Gasteiger partial charge in [0.25, 0.3) is 5.91 Å². The highest BCUT2D eigenvalue weighted by atomic mass is 16.7. The van der Waals surface area contributed by atoms with E-state index < -0.39 is 17.5 Å². The predicted molar refractivity (Wildman–Crippen MR) is 110 cm³/mol. The van der Waals surface area contributed by atoms with E-state index in [4.69, 9.17) is 18.9 Å². The standard InChI is InChI=1S/C23H29NO6/c1-5-27-21(26)30-19-18(17-11-15(3)14(2)10-16(17)4)20(25)24-22(19)12-28-23(29-13-22)8-6-7-9-23/h10-11H,5-9,12-13H2,1-4H3,(H,24,25). The number of benzene rings is 1. The fourth-order valence-electron chi connectivity index (χ4n) is 4.53. The third-order valence-electron chi connectivity index (χ3n) is 6.33. The largest absolute Gasteiger partial charge is 0.513 e. The van der Waals surface area contributed by atoms with Crippen LogP contribution in [0.1, 0.15) is 54.9 Å². The molecule has 2 spiro atoms. The normalized spacial score (nSPS) is 21.9. The van der Waals surface area contributed by atoms with Gasteiger partial charge in [0, 0.05) is 12.8 Å². The van der Waals surface area contributed by atoms with Crippen LogP contribution in [0.25, 0.3) is 5.57 Å². The maximum atomic E-state index is 13.1. The molecule has 0 unspecified atom stereocenters. The van der Waals surface area contributed by atoms with E-state index in [0.717, 1.165) is 47.9 Å². The summed E-state index contributed by atoms with van der Waals surface area (Å²) in [6.07, 6.45) is 2.92. The SMILES string of the molecule is CCOC(=O)OC1=C(c2cc(C)c(C)cc2C)C(=O)NC12COC1(CCCC1)OC2. The molecule has 3 aliphatic rings. The van der Waals surface area contributed by atoms with E-state index in [1.807, 2.05) is 32.9 Å². The first-order chi connectivity index (χ1) is 14.3. The van der Waals surface area contributed by atoms with E-state index in [9.17, 15) is 9.59 Å². The lowest BCUT2D eigenvalue weighted by Gasteiger charge is -2.43. The second kappa shape index (κ2) is 7.71. The average Bonchev–Trinajstić information content (AvgIpc) is 3.25. The summed E-state index contributed by atoms with van der Waals surface area (Å²) in [5.41, 5.74) is 3.11. The fourth-order valence-corrected chi connectivity index (χ4v) is 4.53. The van der Waals surface area contributed by atoms with Crippen LogP contribution < -0.4 is 5.32 Å². The molecule has 1 aromatic carbocycles. The number of carbonyl (C=O) groups excluding carboxylic acids is 2. The molecule has 0 aromatic heterocycles. The van der Waals surface area contributed by atoms with Gasteiger partial charge in [-0.1, -0.05) is 12.1 Å². The van der Waals surface area contributed by atoms with Gasteiger partial charge < -0.3 is 24.3 Å². The van der Waals surface area contributed by atoms with Crippen molar-refractivity contribution in [3.05, 3.63) is 40.1 Å². The van der Waals surface area contributed by atoms with Gasteiger partial charge in [-0.15, -0.1) is 0 Å². The first-order valence-electron chi connectivity index (χ1n) is 10.6. The summed E-state index contributed by atoms with van der Waals surface area (Å²) in [7, 11) is 0. The smallest absolute Gasteiger partial charge is 0.434 e. The van der Waals surface area contributed by atoms with Crippen LogP contribution in [0, 0.1) is 20.8 Å². The number of nitrogens with one attached hydrogen (secondary N) is 1. The van der Waals surface area contributed by atoms with Crippen LogP contribution in [0.5, 0.6) is 0 Å². The Hall–Kier alpha value is -2.38. The second-order valence-electron chi connectivity index (χ2n) is 8.47. The highest BCUT2D eigenvalue weighted by Gasteiger charge is 2.55. The summed E-state index contributed by atoms with van der Waals surface area (Å²) >= 11 is 0. The Balaban J connectivity index is 1.77. The van der Waals surface area contributed by atoms with Crippen LogP contribution in [-0.2, 0) is 23.7 Å². The fraction of sp³-hybridized carbons (Fsp3) is 0.565. The third kappa shape index (κ3) is 3.50. The summed E-state index contributed by atoms with van der Waals surface area (Å²) in [6, 6.07) is 3.98. The van der Waals surface area contributed by atoms with Crippen molar-refractivity contribution in [2.45, 2.75) is 64.7 Å². The highest BCUT2D eigenvalue weighted by Crippen LogP contribution is 2.44. The molecule has 30 heavy (non-hydrogen) atoms. The molecule has 162 valence electrons. The van der Waals surface area contributed by atoms with E-state index in [1.165, 1.54) is 0 Å². The molecule has 2 aliphatic heterocycles. The number of carbonyl (C=O) groups is 2. The molecule has 7 nitrogen and oxygen atoms in total. The van der Waals surface area contributed by atoms with Crippen molar-refractivity contribution in [3.63, 3.8) is 0 Å². The zero-order valence-electron chi connectivity index (χ0n) is 18.1. The van der Waals surface area contributed by atoms with Gasteiger partial charge in [-0.2, -0.15) is 0 Å². The zero-order chi connectivity index (χ0) is 21.5. The molecule has 1 amide bonds. The van der Waals surface area contributed by atoms with Crippen LogP contribution in [0.4, 0.5) is 4.79 Å². The molecule has 1 N–H and O–H groups in total. The first-order valence-corrected chi connectivity index (χ1v) is 10.6. The molecule has 7 heteroatoms. The molecule has 1 aliphatic carbocycles. The van der Waals surface area contributed by atoms with Crippen LogP contribution >= 0.6 is 0 Å². The zero-order valence-corrected chi connectivity index (χ0v) is 18.1. The van der Waals surface area contributed by atoms with E-state index in [2.05, 4.69) is 5.32 Å². The molecule has 2 fully saturated rings. The number of hydrogen-bond acceptors (Lipinski definition) is 6. The van der Waals surface area contributed by atoms with Crippen molar-refractivity contribution in [3.8, 4) is 0 Å². The number of hydrogen-bond donors (Lipinski definition) is 1. The lowest BCUT2D eigenvalue weighted by Crippen LogP contribution is -2.60. The van der Waals surface area contributed by atoms with Crippen molar-refractivity contribution in [1.29, 1.82) is 0 Å². The molecule has 0 bridgehead atoms. The maximum absolute atomic E-state index is 13.1. The van der Waals surface area contributed by atoms with Gasteiger partial charge in [0.15, 0.2) is 11.5 Å². The van der Waals surface area contributed by atoms with Gasteiger partial charge in [-0.3, -0.25) is 4.79 Å². The molecule has 1 saturated heterocycles.